The molecule has 1 rings (SSSR count). The van der Waals surface area contributed by atoms with Gasteiger partial charge in [0.05, 0.1) is 6.10 Å². The van der Waals surface area contributed by atoms with Crippen LogP contribution in [0.5, 0.6) is 0 Å². The van der Waals surface area contributed by atoms with E-state index in [1.807, 2.05) is 6.92 Å². The highest BCUT2D eigenvalue weighted by Gasteiger charge is 2.34. The summed E-state index contributed by atoms with van der Waals surface area (Å²) < 4.78 is 0. The molecule has 2 heteroatoms. The smallest absolute Gasteiger partial charge is 0.0727 e. The van der Waals surface area contributed by atoms with E-state index in [-0.39, 0.29) is 11.6 Å². The van der Waals surface area contributed by atoms with Gasteiger partial charge in [-0.1, -0.05) is 6.42 Å². The van der Waals surface area contributed by atoms with Gasteiger partial charge in [0.2, 0.25) is 0 Å². The van der Waals surface area contributed by atoms with E-state index in [1.165, 1.54) is 19.3 Å². The molecule has 0 aromatic carbocycles. The monoisotopic (exact) mass is 223 g/mol. The molecule has 0 aromatic heterocycles. The van der Waals surface area contributed by atoms with Gasteiger partial charge in [0, 0.05) is 12.0 Å². The molecule has 92 valence electrons. The lowest BCUT2D eigenvalue weighted by Gasteiger charge is -2.44. The van der Waals surface area contributed by atoms with Gasteiger partial charge in [-0.3, -0.25) is 4.90 Å². The molecule has 1 aliphatic heterocycles. The number of aliphatic hydroxyl groups excluding tert-OH is 1. The molecule has 16 heavy (non-hydrogen) atoms. The Morgan fingerprint density at radius 3 is 2.44 bits per heavy atom. The predicted octanol–water partition coefficient (Wildman–Crippen LogP) is 2.42. The molecule has 1 atom stereocenters. The summed E-state index contributed by atoms with van der Waals surface area (Å²) in [6.45, 7) is 8.42. The minimum absolute atomic E-state index is 0.101. The average Bonchev–Trinajstić information content (AvgIpc) is 2.30. The number of hydrogen-bond donors (Lipinski definition) is 1. The summed E-state index contributed by atoms with van der Waals surface area (Å²) in [6, 6.07) is 0. The molecule has 0 aromatic rings. The highest BCUT2D eigenvalue weighted by Crippen LogP contribution is 2.25. The standard InChI is InChI=1S/C14H25NO/c1-4-5-7-10-13(16)14(2,3)15-11-8-6-9-12-15/h13,16H,6-12H2,1-3H3. The quantitative estimate of drug-likeness (QED) is 0.740. The van der Waals surface area contributed by atoms with Gasteiger partial charge in [0.1, 0.15) is 0 Å². The fourth-order valence-corrected chi connectivity index (χ4v) is 2.37. The highest BCUT2D eigenvalue weighted by atomic mass is 16.3. The van der Waals surface area contributed by atoms with Gasteiger partial charge in [-0.15, -0.1) is 11.8 Å². The maximum atomic E-state index is 10.2. The van der Waals surface area contributed by atoms with Crippen molar-refractivity contribution in [1.29, 1.82) is 0 Å². The SMILES string of the molecule is CC#CCCC(O)C(C)(C)N1CCCCC1. The number of aliphatic hydroxyl groups is 1. The van der Waals surface area contributed by atoms with Crippen LogP contribution in [0, 0.1) is 11.8 Å². The normalized spacial score (nSPS) is 20.0. The first-order chi connectivity index (χ1) is 7.59. The largest absolute Gasteiger partial charge is 0.391 e. The Morgan fingerprint density at radius 2 is 1.88 bits per heavy atom. The second kappa shape index (κ2) is 6.27. The summed E-state index contributed by atoms with van der Waals surface area (Å²) in [7, 11) is 0. The van der Waals surface area contributed by atoms with Crippen LogP contribution in [0.2, 0.25) is 0 Å². The Hall–Kier alpha value is -0.520. The number of hydrogen-bond acceptors (Lipinski definition) is 2. The highest BCUT2D eigenvalue weighted by molar-refractivity contribution is 4.98. The molecule has 1 unspecified atom stereocenters. The Balaban J connectivity index is 2.48. The molecule has 1 heterocycles. The number of likely N-dealkylation sites (tertiary alicyclic amines) is 1. The van der Waals surface area contributed by atoms with Gasteiger partial charge in [-0.05, 0) is 53.1 Å². The van der Waals surface area contributed by atoms with E-state index in [9.17, 15) is 5.11 Å². The lowest BCUT2D eigenvalue weighted by Crippen LogP contribution is -2.54. The summed E-state index contributed by atoms with van der Waals surface area (Å²) >= 11 is 0. The van der Waals surface area contributed by atoms with Crippen LogP contribution in [-0.2, 0) is 0 Å². The first kappa shape index (κ1) is 13.5. The third-order valence-electron chi connectivity index (χ3n) is 3.71. The zero-order chi connectivity index (χ0) is 12.0. The van der Waals surface area contributed by atoms with Crippen molar-refractivity contribution in [2.75, 3.05) is 13.1 Å². The first-order valence-electron chi connectivity index (χ1n) is 6.41. The number of piperidine rings is 1. The van der Waals surface area contributed by atoms with Crippen LogP contribution >= 0.6 is 0 Å². The van der Waals surface area contributed by atoms with Crippen molar-refractivity contribution in [2.24, 2.45) is 0 Å². The summed E-state index contributed by atoms with van der Waals surface area (Å²) in [6.07, 6.45) is 5.19. The zero-order valence-electron chi connectivity index (χ0n) is 10.9. The van der Waals surface area contributed by atoms with Gasteiger partial charge >= 0.3 is 0 Å². The van der Waals surface area contributed by atoms with Crippen LogP contribution in [0.4, 0.5) is 0 Å². The number of nitrogens with zero attached hydrogens (tertiary/aromatic N) is 1. The van der Waals surface area contributed by atoms with Crippen molar-refractivity contribution < 1.29 is 5.11 Å². The molecule has 0 bridgehead atoms. The van der Waals surface area contributed by atoms with Crippen LogP contribution in [-0.4, -0.2) is 34.7 Å². The second-order valence-electron chi connectivity index (χ2n) is 5.18. The molecule has 0 saturated carbocycles. The Labute approximate surface area is 100 Å². The maximum Gasteiger partial charge on any atom is 0.0727 e. The fraction of sp³-hybridized carbons (Fsp3) is 0.857. The van der Waals surface area contributed by atoms with E-state index in [1.54, 1.807) is 0 Å². The molecule has 1 saturated heterocycles. The molecule has 1 aliphatic rings. The van der Waals surface area contributed by atoms with Crippen LogP contribution in [0.1, 0.15) is 52.9 Å². The molecule has 0 radical (unpaired) electrons. The maximum absolute atomic E-state index is 10.2. The van der Waals surface area contributed by atoms with Gasteiger partial charge in [0.15, 0.2) is 0 Å². The lowest BCUT2D eigenvalue weighted by molar-refractivity contribution is -0.0223. The van der Waals surface area contributed by atoms with E-state index >= 15 is 0 Å². The topological polar surface area (TPSA) is 23.5 Å². The molecule has 1 N–H and O–H groups in total. The van der Waals surface area contributed by atoms with E-state index in [0.717, 1.165) is 25.9 Å². The Kier molecular flexibility index (Phi) is 5.31. The van der Waals surface area contributed by atoms with Gasteiger partial charge in [-0.2, -0.15) is 0 Å². The fourth-order valence-electron chi connectivity index (χ4n) is 2.37. The summed E-state index contributed by atoms with van der Waals surface area (Å²) in [5, 5.41) is 10.2. The van der Waals surface area contributed by atoms with E-state index in [4.69, 9.17) is 0 Å². The lowest BCUT2D eigenvalue weighted by atomic mass is 9.89. The van der Waals surface area contributed by atoms with Crippen molar-refractivity contribution in [3.63, 3.8) is 0 Å². The molecule has 2 nitrogen and oxygen atoms in total. The summed E-state index contributed by atoms with van der Waals surface area (Å²) in [5.74, 6) is 5.90. The van der Waals surface area contributed by atoms with Crippen molar-refractivity contribution in [2.45, 2.75) is 64.5 Å². The van der Waals surface area contributed by atoms with Crippen LogP contribution in [0.25, 0.3) is 0 Å². The molecule has 0 aliphatic carbocycles. The number of rotatable bonds is 4. The van der Waals surface area contributed by atoms with Crippen LogP contribution in [0.15, 0.2) is 0 Å². The Bertz CT molecular complexity index is 256. The molecule has 0 spiro atoms. The van der Waals surface area contributed by atoms with Gasteiger partial charge in [0.25, 0.3) is 0 Å². The van der Waals surface area contributed by atoms with Crippen molar-refractivity contribution >= 4 is 0 Å². The second-order valence-corrected chi connectivity index (χ2v) is 5.18. The van der Waals surface area contributed by atoms with E-state index < -0.39 is 0 Å². The Morgan fingerprint density at radius 1 is 1.25 bits per heavy atom. The van der Waals surface area contributed by atoms with Crippen molar-refractivity contribution in [3.8, 4) is 11.8 Å². The minimum atomic E-state index is -0.272. The van der Waals surface area contributed by atoms with Crippen LogP contribution < -0.4 is 0 Å². The third kappa shape index (κ3) is 3.50. The van der Waals surface area contributed by atoms with E-state index in [2.05, 4.69) is 30.6 Å². The van der Waals surface area contributed by atoms with Crippen molar-refractivity contribution in [1.82, 2.24) is 4.90 Å². The predicted molar refractivity (Wildman–Crippen MR) is 68.2 cm³/mol. The van der Waals surface area contributed by atoms with Crippen LogP contribution in [0.3, 0.4) is 0 Å². The van der Waals surface area contributed by atoms with E-state index in [0.29, 0.717) is 0 Å². The third-order valence-corrected chi connectivity index (χ3v) is 3.71. The molecular weight excluding hydrogens is 198 g/mol. The summed E-state index contributed by atoms with van der Waals surface area (Å²) in [5.41, 5.74) is -0.101. The zero-order valence-corrected chi connectivity index (χ0v) is 10.9. The van der Waals surface area contributed by atoms with Gasteiger partial charge < -0.3 is 5.11 Å². The average molecular weight is 223 g/mol. The van der Waals surface area contributed by atoms with Crippen molar-refractivity contribution in [3.05, 3.63) is 0 Å². The molecule has 1 fully saturated rings. The van der Waals surface area contributed by atoms with Gasteiger partial charge in [-0.25, -0.2) is 0 Å². The molecular formula is C14H25NO. The molecule has 0 amide bonds. The minimum Gasteiger partial charge on any atom is -0.391 e. The summed E-state index contributed by atoms with van der Waals surface area (Å²) in [4.78, 5) is 2.43. The first-order valence-corrected chi connectivity index (χ1v) is 6.41.